The topological polar surface area (TPSA) is 71.9 Å². The Balaban J connectivity index is 1.37. The minimum Gasteiger partial charge on any atom is -0.442 e. The molecule has 174 valence electrons. The van der Waals surface area contributed by atoms with Crippen molar-refractivity contribution in [3.8, 4) is 11.4 Å². The fourth-order valence-electron chi connectivity index (χ4n) is 4.70. The van der Waals surface area contributed by atoms with E-state index in [0.717, 1.165) is 51.5 Å². The lowest BCUT2D eigenvalue weighted by molar-refractivity contribution is 0.0523. The van der Waals surface area contributed by atoms with Crippen molar-refractivity contribution in [2.45, 2.75) is 65.0 Å². The number of hydrogen-bond donors (Lipinski definition) is 2. The van der Waals surface area contributed by atoms with E-state index in [1.54, 1.807) is 11.3 Å². The maximum Gasteiger partial charge on any atom is 0.435 e. The van der Waals surface area contributed by atoms with Crippen LogP contribution in [0, 0.1) is 5.92 Å². The molecule has 5 rings (SSSR count). The molecule has 0 bridgehead atoms. The SMILES string of the molecule is CC(C)(C)OC(=O)n1nc(-c2cc3cc(CNCC4CCCCC4)ccc3[nH]2)c2sccc21. The first-order chi connectivity index (χ1) is 15.9. The summed E-state index contributed by atoms with van der Waals surface area (Å²) in [5, 5.41) is 11.4. The molecular formula is C26H32N4O2S. The highest BCUT2D eigenvalue weighted by Gasteiger charge is 2.24. The van der Waals surface area contributed by atoms with E-state index in [9.17, 15) is 4.79 Å². The van der Waals surface area contributed by atoms with E-state index >= 15 is 0 Å². The summed E-state index contributed by atoms with van der Waals surface area (Å²) in [5.74, 6) is 0.828. The highest BCUT2D eigenvalue weighted by Crippen LogP contribution is 2.34. The van der Waals surface area contributed by atoms with Gasteiger partial charge in [0.2, 0.25) is 0 Å². The first-order valence-electron chi connectivity index (χ1n) is 11.9. The summed E-state index contributed by atoms with van der Waals surface area (Å²) in [7, 11) is 0. The molecule has 6 nitrogen and oxygen atoms in total. The van der Waals surface area contributed by atoms with Gasteiger partial charge in [-0.25, -0.2) is 4.79 Å². The second kappa shape index (κ2) is 8.95. The largest absolute Gasteiger partial charge is 0.442 e. The molecule has 4 aromatic rings. The number of carbonyl (C=O) groups excluding carboxylic acids is 1. The van der Waals surface area contributed by atoms with E-state index in [-0.39, 0.29) is 0 Å². The lowest BCUT2D eigenvalue weighted by Gasteiger charge is -2.21. The normalized spacial score (nSPS) is 15.5. The number of nitrogens with zero attached hydrogens (tertiary/aromatic N) is 2. The molecule has 1 fully saturated rings. The molecule has 7 heteroatoms. The van der Waals surface area contributed by atoms with Gasteiger partial charge in [0.05, 0.1) is 15.9 Å². The fourth-order valence-corrected chi connectivity index (χ4v) is 5.57. The van der Waals surface area contributed by atoms with E-state index in [1.807, 2.05) is 32.2 Å². The Bertz CT molecular complexity index is 1270. The monoisotopic (exact) mass is 464 g/mol. The van der Waals surface area contributed by atoms with Crippen molar-refractivity contribution in [3.63, 3.8) is 0 Å². The molecule has 2 N–H and O–H groups in total. The van der Waals surface area contributed by atoms with Crippen LogP contribution >= 0.6 is 11.3 Å². The molecule has 0 atom stereocenters. The number of aromatic amines is 1. The third-order valence-corrected chi connectivity index (χ3v) is 7.19. The zero-order valence-electron chi connectivity index (χ0n) is 19.6. The van der Waals surface area contributed by atoms with Crippen LogP contribution in [0.3, 0.4) is 0 Å². The van der Waals surface area contributed by atoms with Crippen molar-refractivity contribution < 1.29 is 9.53 Å². The van der Waals surface area contributed by atoms with Crippen molar-refractivity contribution in [2.75, 3.05) is 6.54 Å². The molecule has 0 aliphatic heterocycles. The predicted molar refractivity (Wildman–Crippen MR) is 135 cm³/mol. The zero-order valence-corrected chi connectivity index (χ0v) is 20.4. The second-order valence-electron chi connectivity index (χ2n) is 10.1. The van der Waals surface area contributed by atoms with Gasteiger partial charge < -0.3 is 15.0 Å². The number of rotatable bonds is 5. The van der Waals surface area contributed by atoms with E-state index in [1.165, 1.54) is 42.3 Å². The van der Waals surface area contributed by atoms with Crippen LogP contribution in [0.2, 0.25) is 0 Å². The van der Waals surface area contributed by atoms with Crippen molar-refractivity contribution in [3.05, 3.63) is 41.3 Å². The van der Waals surface area contributed by atoms with E-state index in [2.05, 4.69) is 39.7 Å². The van der Waals surface area contributed by atoms with E-state index in [4.69, 9.17) is 4.74 Å². The molecule has 1 aliphatic carbocycles. The number of aromatic nitrogens is 3. The molecule has 1 aromatic carbocycles. The van der Waals surface area contributed by atoms with Gasteiger partial charge in [-0.15, -0.1) is 11.3 Å². The average Bonchev–Trinajstić information content (AvgIpc) is 3.47. The molecule has 1 saturated carbocycles. The Labute approximate surface area is 198 Å². The van der Waals surface area contributed by atoms with Gasteiger partial charge in [0, 0.05) is 17.4 Å². The van der Waals surface area contributed by atoms with Gasteiger partial charge in [0.25, 0.3) is 0 Å². The third kappa shape index (κ3) is 4.84. The maximum absolute atomic E-state index is 12.7. The first-order valence-corrected chi connectivity index (χ1v) is 12.8. The highest BCUT2D eigenvalue weighted by molar-refractivity contribution is 7.17. The van der Waals surface area contributed by atoms with Gasteiger partial charge in [-0.05, 0) is 81.3 Å². The van der Waals surface area contributed by atoms with E-state index in [0.29, 0.717) is 0 Å². The summed E-state index contributed by atoms with van der Waals surface area (Å²) < 4.78 is 7.90. The standard InChI is InChI=1S/C26H32N4O2S/c1-26(2,3)32-25(31)30-22-11-12-33-24(22)23(29-30)21-14-19-13-18(9-10-20(19)28-21)16-27-15-17-7-5-4-6-8-17/h9-14,17,27-28H,4-8,15-16H2,1-3H3. The van der Waals surface area contributed by atoms with E-state index < -0.39 is 11.7 Å². The summed E-state index contributed by atoms with van der Waals surface area (Å²) in [6.45, 7) is 7.57. The molecule has 0 radical (unpaired) electrons. The minimum atomic E-state index is -0.575. The quantitative estimate of drug-likeness (QED) is 0.345. The Hall–Kier alpha value is -2.64. The molecule has 0 saturated heterocycles. The molecule has 0 spiro atoms. The number of H-pyrrole nitrogens is 1. The fraction of sp³-hybridized carbons (Fsp3) is 0.462. The summed E-state index contributed by atoms with van der Waals surface area (Å²) >= 11 is 1.58. The van der Waals surface area contributed by atoms with Crippen LogP contribution in [0.5, 0.6) is 0 Å². The number of fused-ring (bicyclic) bond motifs is 2. The van der Waals surface area contributed by atoms with Gasteiger partial charge >= 0.3 is 6.09 Å². The third-order valence-electron chi connectivity index (χ3n) is 6.28. The van der Waals surface area contributed by atoms with Crippen LogP contribution in [0.4, 0.5) is 4.79 Å². The van der Waals surface area contributed by atoms with Crippen LogP contribution in [-0.4, -0.2) is 33.0 Å². The Morgan fingerprint density at radius 1 is 1.21 bits per heavy atom. The molecular weight excluding hydrogens is 432 g/mol. The Morgan fingerprint density at radius 3 is 2.82 bits per heavy atom. The maximum atomic E-state index is 12.7. The average molecular weight is 465 g/mol. The van der Waals surface area contributed by atoms with Crippen molar-refractivity contribution in [1.82, 2.24) is 20.1 Å². The van der Waals surface area contributed by atoms with Crippen LogP contribution in [0.25, 0.3) is 32.5 Å². The number of nitrogens with one attached hydrogen (secondary N) is 2. The Morgan fingerprint density at radius 2 is 2.03 bits per heavy atom. The van der Waals surface area contributed by atoms with Crippen LogP contribution in [0.1, 0.15) is 58.4 Å². The lowest BCUT2D eigenvalue weighted by Crippen LogP contribution is -2.27. The number of thiophene rings is 1. The van der Waals surface area contributed by atoms with Crippen LogP contribution in [-0.2, 0) is 11.3 Å². The zero-order chi connectivity index (χ0) is 23.0. The molecule has 3 aromatic heterocycles. The highest BCUT2D eigenvalue weighted by atomic mass is 32.1. The van der Waals surface area contributed by atoms with Gasteiger partial charge in [-0.2, -0.15) is 9.78 Å². The summed E-state index contributed by atoms with van der Waals surface area (Å²) in [4.78, 5) is 16.2. The van der Waals surface area contributed by atoms with Crippen molar-refractivity contribution >= 4 is 38.5 Å². The summed E-state index contributed by atoms with van der Waals surface area (Å²) in [6.07, 6.45) is 6.42. The van der Waals surface area contributed by atoms with Gasteiger partial charge in [0.15, 0.2) is 0 Å². The smallest absolute Gasteiger partial charge is 0.435 e. The van der Waals surface area contributed by atoms with Gasteiger partial charge in [-0.3, -0.25) is 0 Å². The van der Waals surface area contributed by atoms with Gasteiger partial charge in [-0.1, -0.05) is 25.3 Å². The van der Waals surface area contributed by atoms with Crippen molar-refractivity contribution in [2.24, 2.45) is 5.92 Å². The van der Waals surface area contributed by atoms with Crippen molar-refractivity contribution in [1.29, 1.82) is 0 Å². The lowest BCUT2D eigenvalue weighted by atomic mass is 9.89. The molecule has 0 amide bonds. The molecule has 3 heterocycles. The van der Waals surface area contributed by atoms with Crippen LogP contribution in [0.15, 0.2) is 35.7 Å². The molecule has 1 aliphatic rings. The summed E-state index contributed by atoms with van der Waals surface area (Å²) in [5.41, 5.74) is 4.23. The molecule has 33 heavy (non-hydrogen) atoms. The van der Waals surface area contributed by atoms with Gasteiger partial charge in [0.1, 0.15) is 11.3 Å². The predicted octanol–water partition coefficient (Wildman–Crippen LogP) is 6.70. The number of benzene rings is 1. The molecule has 0 unspecified atom stereocenters. The second-order valence-corrected chi connectivity index (χ2v) is 11.0. The first kappa shape index (κ1) is 22.2. The Kier molecular flexibility index (Phi) is 6.01. The summed E-state index contributed by atoms with van der Waals surface area (Å²) in [6, 6.07) is 10.6. The number of carbonyl (C=O) groups is 1. The minimum absolute atomic E-state index is 0.459. The number of ether oxygens (including phenoxy) is 1. The number of hydrogen-bond acceptors (Lipinski definition) is 5. The van der Waals surface area contributed by atoms with Crippen LogP contribution < -0.4 is 5.32 Å².